The number of nitrogens with one attached hydrogen (secondary N) is 1. The van der Waals surface area contributed by atoms with Gasteiger partial charge in [0, 0.05) is 22.0 Å². The SMILES string of the molecule is Cc1cc(NCc2cccc(Cl)c2)nc2cc(Cl)ccc12. The van der Waals surface area contributed by atoms with Gasteiger partial charge in [0.25, 0.3) is 0 Å². The Morgan fingerprint density at radius 2 is 1.81 bits per heavy atom. The van der Waals surface area contributed by atoms with Gasteiger partial charge >= 0.3 is 0 Å². The fourth-order valence-electron chi connectivity index (χ4n) is 2.31. The average Bonchev–Trinajstić information content (AvgIpc) is 2.45. The molecule has 1 heterocycles. The highest BCUT2D eigenvalue weighted by molar-refractivity contribution is 6.31. The molecule has 3 rings (SSSR count). The van der Waals surface area contributed by atoms with Gasteiger partial charge in [-0.1, -0.05) is 41.4 Å². The zero-order chi connectivity index (χ0) is 14.8. The zero-order valence-electron chi connectivity index (χ0n) is 11.5. The van der Waals surface area contributed by atoms with E-state index in [0.29, 0.717) is 11.6 Å². The molecule has 1 N–H and O–H groups in total. The van der Waals surface area contributed by atoms with Crippen molar-refractivity contribution in [3.63, 3.8) is 0 Å². The van der Waals surface area contributed by atoms with Crippen molar-refractivity contribution in [2.24, 2.45) is 0 Å². The normalized spacial score (nSPS) is 10.8. The van der Waals surface area contributed by atoms with Crippen LogP contribution in [0.25, 0.3) is 10.9 Å². The third-order valence-electron chi connectivity index (χ3n) is 3.34. The molecule has 0 atom stereocenters. The Hall–Kier alpha value is -1.77. The Morgan fingerprint density at radius 3 is 2.62 bits per heavy atom. The molecule has 1 aromatic heterocycles. The summed E-state index contributed by atoms with van der Waals surface area (Å²) >= 11 is 12.0. The van der Waals surface area contributed by atoms with Crippen molar-refractivity contribution in [3.8, 4) is 0 Å². The summed E-state index contributed by atoms with van der Waals surface area (Å²) in [5.74, 6) is 0.835. The van der Waals surface area contributed by atoms with Gasteiger partial charge in [-0.3, -0.25) is 0 Å². The van der Waals surface area contributed by atoms with Gasteiger partial charge in [-0.2, -0.15) is 0 Å². The monoisotopic (exact) mass is 316 g/mol. The fourth-order valence-corrected chi connectivity index (χ4v) is 2.68. The number of fused-ring (bicyclic) bond motifs is 1. The van der Waals surface area contributed by atoms with Crippen LogP contribution >= 0.6 is 23.2 Å². The van der Waals surface area contributed by atoms with E-state index in [0.717, 1.165) is 27.3 Å². The molecule has 2 aromatic carbocycles. The Balaban J connectivity index is 1.87. The molecular formula is C17H14Cl2N2. The number of nitrogens with zero attached hydrogens (tertiary/aromatic N) is 1. The lowest BCUT2D eigenvalue weighted by Crippen LogP contribution is -2.02. The summed E-state index contributed by atoms with van der Waals surface area (Å²) < 4.78 is 0. The summed E-state index contributed by atoms with van der Waals surface area (Å²) in [7, 11) is 0. The van der Waals surface area contributed by atoms with Crippen molar-refractivity contribution in [3.05, 3.63) is 69.7 Å². The molecule has 2 nitrogen and oxygen atoms in total. The predicted octanol–water partition coefficient (Wildman–Crippen LogP) is 5.46. The Kier molecular flexibility index (Phi) is 4.00. The predicted molar refractivity (Wildman–Crippen MR) is 90.3 cm³/mol. The van der Waals surface area contributed by atoms with Crippen LogP contribution in [0.4, 0.5) is 5.82 Å². The Morgan fingerprint density at radius 1 is 1.00 bits per heavy atom. The number of hydrogen-bond donors (Lipinski definition) is 1. The van der Waals surface area contributed by atoms with Crippen LogP contribution in [-0.4, -0.2) is 4.98 Å². The van der Waals surface area contributed by atoms with Crippen LogP contribution in [0.2, 0.25) is 10.0 Å². The summed E-state index contributed by atoms with van der Waals surface area (Å²) in [6, 6.07) is 15.6. The Labute approximate surface area is 133 Å². The smallest absolute Gasteiger partial charge is 0.127 e. The van der Waals surface area contributed by atoms with Crippen LogP contribution in [-0.2, 0) is 6.54 Å². The molecule has 0 fully saturated rings. The molecule has 0 bridgehead atoms. The van der Waals surface area contributed by atoms with Crippen LogP contribution in [0.3, 0.4) is 0 Å². The van der Waals surface area contributed by atoms with E-state index in [2.05, 4.69) is 17.2 Å². The standard InChI is InChI=1S/C17H14Cl2N2/c1-11-7-17(20-10-12-3-2-4-13(18)8-12)21-16-9-14(19)5-6-15(11)16/h2-9H,10H2,1H3,(H,20,21). The molecule has 0 aliphatic heterocycles. The van der Waals surface area contributed by atoms with Crippen molar-refractivity contribution in [2.45, 2.75) is 13.5 Å². The van der Waals surface area contributed by atoms with Crippen LogP contribution in [0.5, 0.6) is 0 Å². The van der Waals surface area contributed by atoms with Gasteiger partial charge < -0.3 is 5.32 Å². The first-order valence-electron chi connectivity index (χ1n) is 6.67. The van der Waals surface area contributed by atoms with Gasteiger partial charge in [0.05, 0.1) is 5.52 Å². The maximum absolute atomic E-state index is 6.04. The van der Waals surface area contributed by atoms with Crippen LogP contribution < -0.4 is 5.32 Å². The number of aromatic nitrogens is 1. The van der Waals surface area contributed by atoms with E-state index in [9.17, 15) is 0 Å². The van der Waals surface area contributed by atoms with Crippen LogP contribution in [0, 0.1) is 6.92 Å². The summed E-state index contributed by atoms with van der Waals surface area (Å²) in [5.41, 5.74) is 3.19. The maximum Gasteiger partial charge on any atom is 0.127 e. The number of halogens is 2. The van der Waals surface area contributed by atoms with E-state index in [1.807, 2.05) is 48.5 Å². The van der Waals surface area contributed by atoms with Gasteiger partial charge in [0.15, 0.2) is 0 Å². The lowest BCUT2D eigenvalue weighted by atomic mass is 10.1. The highest BCUT2D eigenvalue weighted by Gasteiger charge is 2.04. The third-order valence-corrected chi connectivity index (χ3v) is 3.81. The second-order valence-electron chi connectivity index (χ2n) is 4.97. The summed E-state index contributed by atoms with van der Waals surface area (Å²) in [6.07, 6.45) is 0. The van der Waals surface area contributed by atoms with E-state index in [1.165, 1.54) is 5.56 Å². The van der Waals surface area contributed by atoms with Crippen LogP contribution in [0.15, 0.2) is 48.5 Å². The number of rotatable bonds is 3. The molecular weight excluding hydrogens is 303 g/mol. The van der Waals surface area contributed by atoms with Gasteiger partial charge in [-0.15, -0.1) is 0 Å². The number of anilines is 1. The number of hydrogen-bond acceptors (Lipinski definition) is 2. The van der Waals surface area contributed by atoms with E-state index in [1.54, 1.807) is 0 Å². The van der Waals surface area contributed by atoms with E-state index >= 15 is 0 Å². The molecule has 0 unspecified atom stereocenters. The van der Waals surface area contributed by atoms with E-state index in [-0.39, 0.29) is 0 Å². The number of aryl methyl sites for hydroxylation is 1. The molecule has 0 aliphatic carbocycles. The van der Waals surface area contributed by atoms with Gasteiger partial charge in [0.2, 0.25) is 0 Å². The minimum Gasteiger partial charge on any atom is -0.366 e. The van der Waals surface area contributed by atoms with Gasteiger partial charge in [-0.05, 0) is 48.4 Å². The minimum atomic E-state index is 0.680. The molecule has 0 radical (unpaired) electrons. The highest BCUT2D eigenvalue weighted by Crippen LogP contribution is 2.23. The second kappa shape index (κ2) is 5.92. The summed E-state index contributed by atoms with van der Waals surface area (Å²) in [6.45, 7) is 2.75. The minimum absolute atomic E-state index is 0.680. The lowest BCUT2D eigenvalue weighted by Gasteiger charge is -2.09. The first-order valence-corrected chi connectivity index (χ1v) is 7.42. The summed E-state index contributed by atoms with van der Waals surface area (Å²) in [5, 5.41) is 5.88. The molecule has 3 aromatic rings. The topological polar surface area (TPSA) is 24.9 Å². The van der Waals surface area contributed by atoms with Crippen LogP contribution in [0.1, 0.15) is 11.1 Å². The highest BCUT2D eigenvalue weighted by atomic mass is 35.5. The van der Waals surface area contributed by atoms with E-state index in [4.69, 9.17) is 23.2 Å². The molecule has 21 heavy (non-hydrogen) atoms. The van der Waals surface area contributed by atoms with E-state index < -0.39 is 0 Å². The van der Waals surface area contributed by atoms with Crippen molar-refractivity contribution < 1.29 is 0 Å². The molecule has 0 amide bonds. The fraction of sp³-hybridized carbons (Fsp3) is 0.118. The lowest BCUT2D eigenvalue weighted by molar-refractivity contribution is 1.12. The molecule has 0 saturated carbocycles. The number of benzene rings is 2. The first kappa shape index (κ1) is 14.2. The quantitative estimate of drug-likeness (QED) is 0.693. The summed E-state index contributed by atoms with van der Waals surface area (Å²) in [4.78, 5) is 4.61. The van der Waals surface area contributed by atoms with Crippen molar-refractivity contribution in [2.75, 3.05) is 5.32 Å². The molecule has 0 saturated heterocycles. The second-order valence-corrected chi connectivity index (χ2v) is 5.84. The van der Waals surface area contributed by atoms with Crippen molar-refractivity contribution >= 4 is 39.9 Å². The average molecular weight is 317 g/mol. The van der Waals surface area contributed by atoms with Crippen molar-refractivity contribution in [1.29, 1.82) is 0 Å². The van der Waals surface area contributed by atoms with Gasteiger partial charge in [0.1, 0.15) is 5.82 Å². The third kappa shape index (κ3) is 3.29. The Bertz CT molecular complexity index is 800. The van der Waals surface area contributed by atoms with Gasteiger partial charge in [-0.25, -0.2) is 4.98 Å². The maximum atomic E-state index is 6.04. The molecule has 106 valence electrons. The zero-order valence-corrected chi connectivity index (χ0v) is 13.0. The number of pyridine rings is 1. The molecule has 0 spiro atoms. The first-order chi connectivity index (χ1) is 10.1. The van der Waals surface area contributed by atoms with Crippen molar-refractivity contribution in [1.82, 2.24) is 4.98 Å². The molecule has 0 aliphatic rings. The molecule has 4 heteroatoms. The largest absolute Gasteiger partial charge is 0.366 e.